The third-order valence-electron chi connectivity index (χ3n) is 3.39. The average molecular weight is 451 g/mol. The van der Waals surface area contributed by atoms with Crippen LogP contribution in [0.4, 0.5) is 0 Å². The summed E-state index contributed by atoms with van der Waals surface area (Å²) >= 11 is 7.30. The first-order chi connectivity index (χ1) is 11.8. The van der Waals surface area contributed by atoms with Gasteiger partial charge in [-0.15, -0.1) is 11.8 Å². The van der Waals surface area contributed by atoms with Crippen molar-refractivity contribution < 1.29 is 5.11 Å². The monoisotopic (exact) mass is 449 g/mol. The molecule has 0 aliphatic carbocycles. The number of hydrogen-bond acceptors (Lipinski definition) is 4. The Morgan fingerprint density at radius 3 is 2.36 bits per heavy atom. The standard InChI is InChI=1S/C18H30BrNOS2.C2H6/c1-6-8-16(15-10-9-14(19)13-17(15)22-5)20(11-7-12-21)23-18(2,3)4;1-2/h9-10,13,16,21H,6-8,11-12H2,1-5H3;1-2H3. The van der Waals surface area contributed by atoms with Crippen LogP contribution in [0.2, 0.25) is 0 Å². The first-order valence-electron chi connectivity index (χ1n) is 9.22. The third-order valence-corrected chi connectivity index (χ3v) is 5.90. The lowest BCUT2D eigenvalue weighted by Gasteiger charge is -2.36. The molecule has 1 N–H and O–H groups in total. The fraction of sp³-hybridized carbons (Fsp3) is 0.700. The van der Waals surface area contributed by atoms with Crippen LogP contribution < -0.4 is 0 Å². The Kier molecular flexibility index (Phi) is 13.7. The normalized spacial score (nSPS) is 12.7. The summed E-state index contributed by atoms with van der Waals surface area (Å²) in [6.45, 7) is 14.2. The number of aliphatic hydroxyl groups excluding tert-OH is 1. The lowest BCUT2D eigenvalue weighted by molar-refractivity contribution is 0.252. The van der Waals surface area contributed by atoms with E-state index >= 15 is 0 Å². The lowest BCUT2D eigenvalue weighted by atomic mass is 10.0. The second kappa shape index (κ2) is 13.5. The van der Waals surface area contributed by atoms with Crippen LogP contribution in [0.5, 0.6) is 0 Å². The third kappa shape index (κ3) is 9.71. The summed E-state index contributed by atoms with van der Waals surface area (Å²) in [5, 5.41) is 9.29. The maximum absolute atomic E-state index is 9.29. The Morgan fingerprint density at radius 1 is 1.24 bits per heavy atom. The molecule has 0 saturated heterocycles. The highest BCUT2D eigenvalue weighted by molar-refractivity contribution is 9.10. The number of halogens is 1. The van der Waals surface area contributed by atoms with Gasteiger partial charge < -0.3 is 5.11 Å². The number of rotatable bonds is 9. The van der Waals surface area contributed by atoms with Gasteiger partial charge in [-0.3, -0.25) is 0 Å². The molecule has 0 spiro atoms. The highest BCUT2D eigenvalue weighted by Gasteiger charge is 2.26. The SMILES string of the molecule is CC.CCCC(c1ccc(Br)cc1SC)N(CCCO)SC(C)(C)C. The minimum atomic E-state index is 0.163. The van der Waals surface area contributed by atoms with Crippen molar-refractivity contribution in [1.82, 2.24) is 4.31 Å². The van der Waals surface area contributed by atoms with E-state index in [0.29, 0.717) is 6.04 Å². The highest BCUT2D eigenvalue weighted by atomic mass is 79.9. The van der Waals surface area contributed by atoms with Crippen LogP contribution in [0.15, 0.2) is 27.6 Å². The second-order valence-corrected chi connectivity index (χ2v) is 10.3. The van der Waals surface area contributed by atoms with Gasteiger partial charge in [0.05, 0.1) is 0 Å². The van der Waals surface area contributed by atoms with Crippen LogP contribution in [-0.2, 0) is 0 Å². The van der Waals surface area contributed by atoms with Crippen molar-refractivity contribution in [2.24, 2.45) is 0 Å². The van der Waals surface area contributed by atoms with Crippen molar-refractivity contribution in [2.45, 2.75) is 76.5 Å². The highest BCUT2D eigenvalue weighted by Crippen LogP contribution is 2.41. The van der Waals surface area contributed by atoms with Crippen molar-refractivity contribution in [3.05, 3.63) is 28.2 Å². The molecule has 0 saturated carbocycles. The molecule has 1 atom stereocenters. The molecule has 5 heteroatoms. The minimum absolute atomic E-state index is 0.163. The van der Waals surface area contributed by atoms with E-state index < -0.39 is 0 Å². The van der Waals surface area contributed by atoms with E-state index in [9.17, 15) is 5.11 Å². The Morgan fingerprint density at radius 2 is 1.88 bits per heavy atom. The molecule has 25 heavy (non-hydrogen) atoms. The summed E-state index contributed by atoms with van der Waals surface area (Å²) < 4.78 is 3.78. The van der Waals surface area contributed by atoms with Crippen LogP contribution in [0.25, 0.3) is 0 Å². The van der Waals surface area contributed by atoms with Crippen LogP contribution in [0, 0.1) is 0 Å². The molecule has 0 aliphatic rings. The zero-order valence-electron chi connectivity index (χ0n) is 16.9. The predicted octanol–water partition coefficient (Wildman–Crippen LogP) is 7.17. The second-order valence-electron chi connectivity index (χ2n) is 6.61. The van der Waals surface area contributed by atoms with E-state index in [0.717, 1.165) is 30.3 Å². The molecule has 1 rings (SSSR count). The topological polar surface area (TPSA) is 23.5 Å². The van der Waals surface area contributed by atoms with E-state index in [2.05, 4.69) is 72.4 Å². The van der Waals surface area contributed by atoms with E-state index in [1.165, 1.54) is 10.5 Å². The molecular formula is C20H36BrNOS2. The zero-order valence-corrected chi connectivity index (χ0v) is 20.2. The van der Waals surface area contributed by atoms with Crippen molar-refractivity contribution in [3.63, 3.8) is 0 Å². The van der Waals surface area contributed by atoms with Crippen LogP contribution >= 0.6 is 39.6 Å². The largest absolute Gasteiger partial charge is 0.396 e. The van der Waals surface area contributed by atoms with E-state index in [1.54, 1.807) is 0 Å². The lowest BCUT2D eigenvalue weighted by Crippen LogP contribution is -2.29. The predicted molar refractivity (Wildman–Crippen MR) is 121 cm³/mol. The van der Waals surface area contributed by atoms with Crippen LogP contribution in [-0.4, -0.2) is 33.6 Å². The van der Waals surface area contributed by atoms with Gasteiger partial charge in [0.1, 0.15) is 0 Å². The Bertz CT molecular complexity index is 477. The van der Waals surface area contributed by atoms with Crippen LogP contribution in [0.1, 0.15) is 72.4 Å². The van der Waals surface area contributed by atoms with Crippen molar-refractivity contribution in [1.29, 1.82) is 0 Å². The van der Waals surface area contributed by atoms with Gasteiger partial charge in [-0.05, 0) is 57.6 Å². The van der Waals surface area contributed by atoms with Gasteiger partial charge in [0, 0.05) is 33.3 Å². The number of nitrogens with zero attached hydrogens (tertiary/aromatic N) is 1. The zero-order chi connectivity index (χ0) is 19.5. The number of benzene rings is 1. The summed E-state index contributed by atoms with van der Waals surface area (Å²) in [5.74, 6) is 0. The molecule has 1 aromatic carbocycles. The van der Waals surface area contributed by atoms with E-state index in [4.69, 9.17) is 0 Å². The summed E-state index contributed by atoms with van der Waals surface area (Å²) in [6.07, 6.45) is 5.23. The van der Waals surface area contributed by atoms with Gasteiger partial charge in [-0.1, -0.05) is 61.1 Å². The Labute approximate surface area is 172 Å². The molecule has 0 aromatic heterocycles. The fourth-order valence-electron chi connectivity index (χ4n) is 2.53. The first kappa shape index (κ1) is 25.3. The fourth-order valence-corrected chi connectivity index (χ4v) is 5.00. The molecule has 0 heterocycles. The van der Waals surface area contributed by atoms with Gasteiger partial charge in [0.15, 0.2) is 0 Å². The van der Waals surface area contributed by atoms with Gasteiger partial charge in [0.25, 0.3) is 0 Å². The molecule has 0 bridgehead atoms. The summed E-state index contributed by atoms with van der Waals surface area (Å²) in [4.78, 5) is 1.33. The van der Waals surface area contributed by atoms with Crippen molar-refractivity contribution >= 4 is 39.6 Å². The molecule has 2 nitrogen and oxygen atoms in total. The van der Waals surface area contributed by atoms with Crippen molar-refractivity contribution in [2.75, 3.05) is 19.4 Å². The van der Waals surface area contributed by atoms with E-state index in [-0.39, 0.29) is 11.4 Å². The number of thioether (sulfide) groups is 1. The first-order valence-corrected chi connectivity index (χ1v) is 12.0. The smallest absolute Gasteiger partial charge is 0.0463 e. The Hall–Kier alpha value is 0.320. The Balaban J connectivity index is 0.00000277. The maximum atomic E-state index is 9.29. The number of aliphatic hydroxyl groups is 1. The minimum Gasteiger partial charge on any atom is -0.396 e. The quantitative estimate of drug-likeness (QED) is 0.318. The van der Waals surface area contributed by atoms with Gasteiger partial charge in [0.2, 0.25) is 0 Å². The van der Waals surface area contributed by atoms with Gasteiger partial charge in [-0.2, -0.15) is 0 Å². The molecule has 0 fully saturated rings. The summed E-state index contributed by atoms with van der Waals surface area (Å²) in [7, 11) is 0. The summed E-state index contributed by atoms with van der Waals surface area (Å²) in [5.41, 5.74) is 1.40. The molecule has 0 radical (unpaired) electrons. The summed E-state index contributed by atoms with van der Waals surface area (Å²) in [6, 6.07) is 7.00. The van der Waals surface area contributed by atoms with Crippen LogP contribution in [0.3, 0.4) is 0 Å². The maximum Gasteiger partial charge on any atom is 0.0463 e. The molecule has 1 unspecified atom stereocenters. The van der Waals surface area contributed by atoms with Gasteiger partial charge >= 0.3 is 0 Å². The molecule has 1 aromatic rings. The van der Waals surface area contributed by atoms with E-state index in [1.807, 2.05) is 37.6 Å². The molecule has 146 valence electrons. The number of hydrogen-bond donors (Lipinski definition) is 1. The molecule has 0 aliphatic heterocycles. The van der Waals surface area contributed by atoms with Gasteiger partial charge in [-0.25, -0.2) is 4.31 Å². The van der Waals surface area contributed by atoms with Crippen molar-refractivity contribution in [3.8, 4) is 0 Å². The molecule has 0 amide bonds. The molecular weight excluding hydrogens is 414 g/mol. The average Bonchev–Trinajstić information content (AvgIpc) is 2.57.